The number of hydrogen-bond acceptors (Lipinski definition) is 0. The molecule has 0 aliphatic carbocycles. The van der Waals surface area contributed by atoms with Crippen LogP contribution in [-0.2, 0) is 0 Å². The highest BCUT2D eigenvalue weighted by molar-refractivity contribution is 5.64. The molecule has 0 saturated carbocycles. The van der Waals surface area contributed by atoms with Crippen LogP contribution in [0.3, 0.4) is 0 Å². The first-order valence-corrected chi connectivity index (χ1v) is 3.86. The molecular weight excluding hydrogens is 132 g/mol. The molecule has 0 aliphatic rings. The van der Waals surface area contributed by atoms with Gasteiger partial charge in [0.2, 0.25) is 0 Å². The van der Waals surface area contributed by atoms with Crippen molar-refractivity contribution in [2.45, 2.75) is 13.8 Å². The molecule has 0 amide bonds. The van der Waals surface area contributed by atoms with E-state index < -0.39 is 0 Å². The van der Waals surface area contributed by atoms with E-state index in [1.165, 1.54) is 11.1 Å². The quantitative estimate of drug-likeness (QED) is 0.599. The predicted molar refractivity (Wildman–Crippen MR) is 50.1 cm³/mol. The Balaban J connectivity index is 2.85. The van der Waals surface area contributed by atoms with E-state index in [0.717, 1.165) is 0 Å². The van der Waals surface area contributed by atoms with Gasteiger partial charge < -0.3 is 0 Å². The number of hydrogen-bond donors (Lipinski definition) is 0. The molecule has 1 rings (SSSR count). The second kappa shape index (κ2) is 3.97. The SMILES string of the molecule is C[CH]/C=C(/C)c1ccccc1. The Hall–Kier alpha value is -1.04. The van der Waals surface area contributed by atoms with Crippen LogP contribution in [0.15, 0.2) is 36.4 Å². The molecule has 11 heavy (non-hydrogen) atoms. The van der Waals surface area contributed by atoms with E-state index >= 15 is 0 Å². The second-order valence-electron chi connectivity index (χ2n) is 2.55. The molecule has 0 bridgehead atoms. The molecule has 0 aromatic heterocycles. The molecule has 1 radical (unpaired) electrons. The molecule has 0 N–H and O–H groups in total. The minimum Gasteiger partial charge on any atom is -0.0776 e. The van der Waals surface area contributed by atoms with Crippen molar-refractivity contribution in [3.63, 3.8) is 0 Å². The van der Waals surface area contributed by atoms with E-state index in [1.54, 1.807) is 0 Å². The molecule has 0 heteroatoms. The zero-order chi connectivity index (χ0) is 8.10. The first kappa shape index (κ1) is 8.06. The normalized spacial score (nSPS) is 11.6. The third-order valence-electron chi connectivity index (χ3n) is 1.65. The Labute approximate surface area is 68.6 Å². The molecule has 0 aliphatic heterocycles. The maximum atomic E-state index is 2.12. The Morgan fingerprint density at radius 2 is 1.82 bits per heavy atom. The van der Waals surface area contributed by atoms with Crippen molar-refractivity contribution in [1.82, 2.24) is 0 Å². The predicted octanol–water partition coefficient (Wildman–Crippen LogP) is 3.31. The van der Waals surface area contributed by atoms with Gasteiger partial charge in [0, 0.05) is 0 Å². The first-order valence-electron chi connectivity index (χ1n) is 3.86. The van der Waals surface area contributed by atoms with Crippen LogP contribution in [0.5, 0.6) is 0 Å². The summed E-state index contributed by atoms with van der Waals surface area (Å²) in [7, 11) is 0. The molecule has 0 nitrogen and oxygen atoms in total. The third-order valence-corrected chi connectivity index (χ3v) is 1.65. The van der Waals surface area contributed by atoms with Gasteiger partial charge in [-0.15, -0.1) is 0 Å². The fraction of sp³-hybridized carbons (Fsp3) is 0.182. The smallest absolute Gasteiger partial charge is 0.0195 e. The molecule has 0 saturated heterocycles. The highest BCUT2D eigenvalue weighted by Gasteiger charge is 1.90. The largest absolute Gasteiger partial charge is 0.0776 e. The summed E-state index contributed by atoms with van der Waals surface area (Å²) < 4.78 is 0. The van der Waals surface area contributed by atoms with Crippen LogP contribution in [0, 0.1) is 6.42 Å². The topological polar surface area (TPSA) is 0 Å². The molecule has 0 unspecified atom stereocenters. The maximum absolute atomic E-state index is 2.12. The van der Waals surface area contributed by atoms with E-state index in [2.05, 4.69) is 43.7 Å². The van der Waals surface area contributed by atoms with Gasteiger partial charge >= 0.3 is 0 Å². The van der Waals surface area contributed by atoms with E-state index in [0.29, 0.717) is 0 Å². The van der Waals surface area contributed by atoms with Gasteiger partial charge in [0.05, 0.1) is 0 Å². The van der Waals surface area contributed by atoms with Crippen molar-refractivity contribution in [1.29, 1.82) is 0 Å². The minimum absolute atomic E-state index is 1.30. The molecule has 0 heterocycles. The molecule has 1 aromatic carbocycles. The average Bonchev–Trinajstić information content (AvgIpc) is 2.07. The summed E-state index contributed by atoms with van der Waals surface area (Å²) in [6.07, 6.45) is 4.18. The third kappa shape index (κ3) is 2.23. The van der Waals surface area contributed by atoms with Crippen molar-refractivity contribution >= 4 is 5.57 Å². The highest BCUT2D eigenvalue weighted by atomic mass is 14.0. The summed E-state index contributed by atoms with van der Waals surface area (Å²) in [4.78, 5) is 0. The van der Waals surface area contributed by atoms with E-state index in [1.807, 2.05) is 13.0 Å². The van der Waals surface area contributed by atoms with Crippen molar-refractivity contribution in [3.8, 4) is 0 Å². The van der Waals surface area contributed by atoms with Crippen LogP contribution in [-0.4, -0.2) is 0 Å². The number of rotatable bonds is 2. The van der Waals surface area contributed by atoms with E-state index in [9.17, 15) is 0 Å². The molecule has 57 valence electrons. The molecule has 0 fully saturated rings. The van der Waals surface area contributed by atoms with Gasteiger partial charge in [-0.3, -0.25) is 0 Å². The van der Waals surface area contributed by atoms with Gasteiger partial charge in [0.15, 0.2) is 0 Å². The van der Waals surface area contributed by atoms with E-state index in [-0.39, 0.29) is 0 Å². The van der Waals surface area contributed by atoms with Crippen LogP contribution in [0.1, 0.15) is 19.4 Å². The van der Waals surface area contributed by atoms with Gasteiger partial charge in [-0.2, -0.15) is 0 Å². The van der Waals surface area contributed by atoms with Crippen molar-refractivity contribution in [3.05, 3.63) is 48.4 Å². The van der Waals surface area contributed by atoms with Crippen molar-refractivity contribution in [2.24, 2.45) is 0 Å². The minimum atomic E-state index is 1.30. The number of allylic oxidation sites excluding steroid dienone is 2. The average molecular weight is 145 g/mol. The lowest BCUT2D eigenvalue weighted by Gasteiger charge is -1.98. The summed E-state index contributed by atoms with van der Waals surface area (Å²) in [6.45, 7) is 4.15. The maximum Gasteiger partial charge on any atom is -0.0195 e. The lowest BCUT2D eigenvalue weighted by atomic mass is 10.1. The first-order chi connectivity index (χ1) is 5.34. The van der Waals surface area contributed by atoms with Gasteiger partial charge in [0.1, 0.15) is 0 Å². The zero-order valence-electron chi connectivity index (χ0n) is 7.04. The Bertz CT molecular complexity index is 231. The molecular formula is C11H13. The van der Waals surface area contributed by atoms with Gasteiger partial charge in [0.25, 0.3) is 0 Å². The van der Waals surface area contributed by atoms with Crippen molar-refractivity contribution in [2.75, 3.05) is 0 Å². The van der Waals surface area contributed by atoms with Gasteiger partial charge in [-0.25, -0.2) is 0 Å². The molecule has 1 aromatic rings. The monoisotopic (exact) mass is 145 g/mol. The standard InChI is InChI=1S/C11H13/c1-3-7-10(2)11-8-5-4-6-9-11/h3-9H,1-2H3/b10-7-. The van der Waals surface area contributed by atoms with Crippen molar-refractivity contribution < 1.29 is 0 Å². The zero-order valence-corrected chi connectivity index (χ0v) is 7.04. The lowest BCUT2D eigenvalue weighted by molar-refractivity contribution is 1.50. The van der Waals surface area contributed by atoms with E-state index in [4.69, 9.17) is 0 Å². The molecule has 0 atom stereocenters. The van der Waals surface area contributed by atoms with Gasteiger partial charge in [-0.1, -0.05) is 43.3 Å². The molecule has 0 spiro atoms. The highest BCUT2D eigenvalue weighted by Crippen LogP contribution is 2.12. The lowest BCUT2D eigenvalue weighted by Crippen LogP contribution is -1.76. The summed E-state index contributed by atoms with van der Waals surface area (Å²) >= 11 is 0. The Morgan fingerprint density at radius 3 is 2.36 bits per heavy atom. The summed E-state index contributed by atoms with van der Waals surface area (Å²) in [5.41, 5.74) is 2.61. The Kier molecular flexibility index (Phi) is 2.91. The number of benzene rings is 1. The van der Waals surface area contributed by atoms with Gasteiger partial charge in [-0.05, 0) is 24.5 Å². The van der Waals surface area contributed by atoms with Crippen LogP contribution in [0.2, 0.25) is 0 Å². The summed E-state index contributed by atoms with van der Waals surface area (Å²) in [5, 5.41) is 0. The van der Waals surface area contributed by atoms with Crippen LogP contribution >= 0.6 is 0 Å². The fourth-order valence-electron chi connectivity index (χ4n) is 1.05. The summed E-state index contributed by atoms with van der Waals surface area (Å²) in [6, 6.07) is 10.4. The van der Waals surface area contributed by atoms with Crippen LogP contribution in [0.4, 0.5) is 0 Å². The Morgan fingerprint density at radius 1 is 1.18 bits per heavy atom. The van der Waals surface area contributed by atoms with Crippen LogP contribution in [0.25, 0.3) is 5.57 Å². The van der Waals surface area contributed by atoms with Crippen LogP contribution < -0.4 is 0 Å². The second-order valence-corrected chi connectivity index (χ2v) is 2.55. The summed E-state index contributed by atoms with van der Waals surface area (Å²) in [5.74, 6) is 0. The fourth-order valence-corrected chi connectivity index (χ4v) is 1.05.